The average Bonchev–Trinajstić information content (AvgIpc) is 2.93. The molecule has 1 aromatic heterocycles. The van der Waals surface area contributed by atoms with Crippen molar-refractivity contribution in [3.05, 3.63) is 35.2 Å². The zero-order valence-electron chi connectivity index (χ0n) is 12.0. The third-order valence-electron chi connectivity index (χ3n) is 4.25. The fourth-order valence-corrected chi connectivity index (χ4v) is 4.21. The second kappa shape index (κ2) is 5.96. The maximum atomic E-state index is 12.8. The highest BCUT2D eigenvalue weighted by Crippen LogP contribution is 2.29. The van der Waals surface area contributed by atoms with Gasteiger partial charge in [0.1, 0.15) is 0 Å². The summed E-state index contributed by atoms with van der Waals surface area (Å²) in [7, 11) is 0. The first-order valence-electron chi connectivity index (χ1n) is 7.59. The molecule has 1 heterocycles. The Morgan fingerprint density at radius 1 is 1.25 bits per heavy atom. The van der Waals surface area contributed by atoms with E-state index >= 15 is 0 Å². The molecule has 1 amide bonds. The van der Waals surface area contributed by atoms with Gasteiger partial charge in [0.25, 0.3) is 5.91 Å². The summed E-state index contributed by atoms with van der Waals surface area (Å²) in [6.45, 7) is 2.91. The number of hydrogen-bond donors (Lipinski definition) is 0. The standard InChI is InChI=1S/C17H21NOS/c1-2-18(14-9-4-3-5-10-14)17(19)16-12-13-8-6-7-11-15(13)20-16/h6-8,11-12,14H,2-5,9-10H2,1H3. The third kappa shape index (κ3) is 2.59. The summed E-state index contributed by atoms with van der Waals surface area (Å²) in [6.07, 6.45) is 6.20. The molecule has 0 radical (unpaired) electrons. The molecule has 3 heteroatoms. The molecule has 0 unspecified atom stereocenters. The van der Waals surface area contributed by atoms with E-state index in [1.54, 1.807) is 11.3 Å². The van der Waals surface area contributed by atoms with Crippen molar-refractivity contribution in [3.8, 4) is 0 Å². The maximum absolute atomic E-state index is 12.8. The van der Waals surface area contributed by atoms with E-state index < -0.39 is 0 Å². The van der Waals surface area contributed by atoms with Crippen molar-refractivity contribution in [2.45, 2.75) is 45.1 Å². The van der Waals surface area contributed by atoms with Crippen molar-refractivity contribution in [1.82, 2.24) is 4.90 Å². The lowest BCUT2D eigenvalue weighted by molar-refractivity contribution is 0.0653. The van der Waals surface area contributed by atoms with Gasteiger partial charge >= 0.3 is 0 Å². The van der Waals surface area contributed by atoms with Gasteiger partial charge in [0.2, 0.25) is 0 Å². The highest BCUT2D eigenvalue weighted by atomic mass is 32.1. The van der Waals surface area contributed by atoms with Crippen LogP contribution in [0.2, 0.25) is 0 Å². The predicted molar refractivity (Wildman–Crippen MR) is 85.4 cm³/mol. The third-order valence-corrected chi connectivity index (χ3v) is 5.36. The first kappa shape index (κ1) is 13.6. The molecular formula is C17H21NOS. The van der Waals surface area contributed by atoms with Crippen LogP contribution in [-0.2, 0) is 0 Å². The van der Waals surface area contributed by atoms with Gasteiger partial charge in [-0.15, -0.1) is 11.3 Å². The number of amides is 1. The molecule has 0 spiro atoms. The minimum absolute atomic E-state index is 0.223. The number of carbonyl (C=O) groups excluding carboxylic acids is 1. The number of benzene rings is 1. The fraction of sp³-hybridized carbons (Fsp3) is 0.471. The molecular weight excluding hydrogens is 266 g/mol. The molecule has 0 atom stereocenters. The number of fused-ring (bicyclic) bond motifs is 1. The fourth-order valence-electron chi connectivity index (χ4n) is 3.19. The van der Waals surface area contributed by atoms with Crippen LogP contribution in [0.3, 0.4) is 0 Å². The first-order chi connectivity index (χ1) is 9.79. The van der Waals surface area contributed by atoms with Crippen LogP contribution < -0.4 is 0 Å². The van der Waals surface area contributed by atoms with Gasteiger partial charge in [-0.05, 0) is 37.3 Å². The summed E-state index contributed by atoms with van der Waals surface area (Å²) in [5.74, 6) is 0.223. The molecule has 1 aliphatic rings. The van der Waals surface area contributed by atoms with Gasteiger partial charge in [0.15, 0.2) is 0 Å². The molecule has 1 fully saturated rings. The van der Waals surface area contributed by atoms with Crippen LogP contribution in [0.1, 0.15) is 48.7 Å². The van der Waals surface area contributed by atoms with Crippen molar-refractivity contribution in [1.29, 1.82) is 0 Å². The van der Waals surface area contributed by atoms with E-state index in [1.807, 2.05) is 18.2 Å². The summed E-state index contributed by atoms with van der Waals surface area (Å²) in [6, 6.07) is 10.7. The second-order valence-electron chi connectivity index (χ2n) is 5.53. The van der Waals surface area contributed by atoms with Gasteiger partial charge in [0, 0.05) is 17.3 Å². The summed E-state index contributed by atoms with van der Waals surface area (Å²) in [5, 5.41) is 1.18. The van der Waals surface area contributed by atoms with Crippen LogP contribution in [0.25, 0.3) is 10.1 Å². The van der Waals surface area contributed by atoms with Gasteiger partial charge in [-0.1, -0.05) is 37.5 Å². The molecule has 2 aromatic rings. The Labute approximate surface area is 124 Å². The summed E-state index contributed by atoms with van der Waals surface area (Å²) in [5.41, 5.74) is 0. The lowest BCUT2D eigenvalue weighted by Gasteiger charge is -2.33. The monoisotopic (exact) mass is 287 g/mol. The molecule has 1 saturated carbocycles. The lowest BCUT2D eigenvalue weighted by Crippen LogP contribution is -2.40. The smallest absolute Gasteiger partial charge is 0.264 e. The molecule has 1 aliphatic carbocycles. The van der Waals surface area contributed by atoms with E-state index in [2.05, 4.69) is 24.0 Å². The van der Waals surface area contributed by atoms with Crippen LogP contribution in [0.5, 0.6) is 0 Å². The molecule has 0 bridgehead atoms. The van der Waals surface area contributed by atoms with Crippen LogP contribution in [0, 0.1) is 0 Å². The number of rotatable bonds is 3. The van der Waals surface area contributed by atoms with Gasteiger partial charge in [0.05, 0.1) is 4.88 Å². The Hall–Kier alpha value is -1.35. The van der Waals surface area contributed by atoms with E-state index in [0.29, 0.717) is 6.04 Å². The second-order valence-corrected chi connectivity index (χ2v) is 6.62. The van der Waals surface area contributed by atoms with Gasteiger partial charge < -0.3 is 4.90 Å². The molecule has 0 aliphatic heterocycles. The predicted octanol–water partition coefficient (Wildman–Crippen LogP) is 4.70. The van der Waals surface area contributed by atoms with E-state index in [4.69, 9.17) is 0 Å². The van der Waals surface area contributed by atoms with Gasteiger partial charge in [-0.3, -0.25) is 4.79 Å². The molecule has 106 valence electrons. The highest BCUT2D eigenvalue weighted by Gasteiger charge is 2.25. The number of carbonyl (C=O) groups is 1. The molecule has 0 N–H and O–H groups in total. The van der Waals surface area contributed by atoms with Crippen molar-refractivity contribution in [2.24, 2.45) is 0 Å². The van der Waals surface area contributed by atoms with Crippen LogP contribution in [-0.4, -0.2) is 23.4 Å². The minimum Gasteiger partial charge on any atom is -0.335 e. The number of nitrogens with zero attached hydrogens (tertiary/aromatic N) is 1. The normalized spacial score (nSPS) is 16.4. The Morgan fingerprint density at radius 3 is 2.70 bits per heavy atom. The molecule has 2 nitrogen and oxygen atoms in total. The Balaban J connectivity index is 1.85. The number of hydrogen-bond acceptors (Lipinski definition) is 2. The minimum atomic E-state index is 0.223. The molecule has 20 heavy (non-hydrogen) atoms. The van der Waals surface area contributed by atoms with E-state index in [1.165, 1.54) is 42.2 Å². The van der Waals surface area contributed by atoms with Crippen molar-refractivity contribution in [3.63, 3.8) is 0 Å². The molecule has 1 aromatic carbocycles. The molecule has 3 rings (SSSR count). The lowest BCUT2D eigenvalue weighted by atomic mass is 9.94. The Morgan fingerprint density at radius 2 is 2.00 bits per heavy atom. The zero-order chi connectivity index (χ0) is 13.9. The quantitative estimate of drug-likeness (QED) is 0.801. The SMILES string of the molecule is CCN(C(=O)c1cc2ccccc2s1)C1CCCCC1. The van der Waals surface area contributed by atoms with E-state index in [0.717, 1.165) is 11.4 Å². The van der Waals surface area contributed by atoms with E-state index in [9.17, 15) is 4.79 Å². The summed E-state index contributed by atoms with van der Waals surface area (Å²) >= 11 is 1.62. The maximum Gasteiger partial charge on any atom is 0.264 e. The van der Waals surface area contributed by atoms with Gasteiger partial charge in [-0.25, -0.2) is 0 Å². The van der Waals surface area contributed by atoms with Crippen LogP contribution >= 0.6 is 11.3 Å². The van der Waals surface area contributed by atoms with Gasteiger partial charge in [-0.2, -0.15) is 0 Å². The Kier molecular flexibility index (Phi) is 4.06. The Bertz CT molecular complexity index is 565. The summed E-state index contributed by atoms with van der Waals surface area (Å²) in [4.78, 5) is 15.8. The van der Waals surface area contributed by atoms with Crippen molar-refractivity contribution in [2.75, 3.05) is 6.54 Å². The zero-order valence-corrected chi connectivity index (χ0v) is 12.8. The van der Waals surface area contributed by atoms with Crippen molar-refractivity contribution >= 4 is 27.3 Å². The summed E-state index contributed by atoms with van der Waals surface area (Å²) < 4.78 is 1.20. The van der Waals surface area contributed by atoms with Crippen molar-refractivity contribution < 1.29 is 4.79 Å². The molecule has 0 saturated heterocycles. The largest absolute Gasteiger partial charge is 0.335 e. The van der Waals surface area contributed by atoms with Crippen LogP contribution in [0.15, 0.2) is 30.3 Å². The average molecular weight is 287 g/mol. The topological polar surface area (TPSA) is 20.3 Å². The number of thiophene rings is 1. The van der Waals surface area contributed by atoms with Crippen LogP contribution in [0.4, 0.5) is 0 Å². The first-order valence-corrected chi connectivity index (χ1v) is 8.41. The highest BCUT2D eigenvalue weighted by molar-refractivity contribution is 7.20. The van der Waals surface area contributed by atoms with E-state index in [-0.39, 0.29) is 5.91 Å².